The molecule has 0 spiro atoms. The lowest BCUT2D eigenvalue weighted by Gasteiger charge is -2.18. The first-order valence-corrected chi connectivity index (χ1v) is 9.53. The molecular weight excluding hydrogens is 488 g/mol. The molecule has 0 saturated heterocycles. The summed E-state index contributed by atoms with van der Waals surface area (Å²) in [6, 6.07) is 0. The van der Waals surface area contributed by atoms with E-state index in [0.29, 0.717) is 0 Å². The highest BCUT2D eigenvalue weighted by Crippen LogP contribution is 2.15. The molecule has 22 heteroatoms. The summed E-state index contributed by atoms with van der Waals surface area (Å²) in [6.07, 6.45) is -4.12. The van der Waals surface area contributed by atoms with Crippen LogP contribution < -0.4 is 0 Å². The SMILES string of the molecule is CC(=O)O.O=C(O)CC(O)(CC(=O)O)C(=O)O.O=C(O)O.O=S(=O)(O)O.O[Si](O)(O)O. The molecule has 0 aliphatic rings. The van der Waals surface area contributed by atoms with Gasteiger partial charge in [0.2, 0.25) is 0 Å². The van der Waals surface area contributed by atoms with E-state index >= 15 is 0 Å². The Bertz CT molecular complexity index is 625. The molecule has 0 aromatic rings. The summed E-state index contributed by atoms with van der Waals surface area (Å²) in [7, 11) is -9.28. The van der Waals surface area contributed by atoms with Crippen LogP contribution in [0.2, 0.25) is 0 Å². The van der Waals surface area contributed by atoms with E-state index in [0.717, 1.165) is 6.92 Å². The Morgan fingerprint density at radius 3 is 0.935 bits per heavy atom. The average Bonchev–Trinajstić information content (AvgIpc) is 2.29. The van der Waals surface area contributed by atoms with E-state index in [1.807, 2.05) is 0 Å². The molecule has 0 aromatic carbocycles. The summed E-state index contributed by atoms with van der Waals surface area (Å²) >= 11 is 0. The second-order valence-corrected chi connectivity index (χ2v) is 6.42. The Balaban J connectivity index is -0.000000104. The highest BCUT2D eigenvalue weighted by molar-refractivity contribution is 7.79. The number of rotatable bonds is 5. The van der Waals surface area contributed by atoms with Gasteiger partial charge in [-0.15, -0.1) is 0 Å². The highest BCUT2D eigenvalue weighted by atomic mass is 32.3. The lowest BCUT2D eigenvalue weighted by atomic mass is 9.96. The third-order valence-electron chi connectivity index (χ3n) is 1.29. The lowest BCUT2D eigenvalue weighted by molar-refractivity contribution is -0.170. The molecule has 13 N–H and O–H groups in total. The molecule has 0 aliphatic carbocycles. The van der Waals surface area contributed by atoms with Crippen LogP contribution in [0, 0.1) is 0 Å². The van der Waals surface area contributed by atoms with E-state index < -0.39 is 67.9 Å². The van der Waals surface area contributed by atoms with Crippen LogP contribution in [0.1, 0.15) is 19.8 Å². The standard InChI is InChI=1S/C6H8O7.C2H4O2.CH2O3.H2O4S.H4O4Si/c7-3(8)1-6(13,5(11)12)2-4(9)10;1-2(3)4;2-1(3)4;2*1-5(2,3)4/h13H,1-2H2,(H,7,8)(H,9,10)(H,11,12);1H3,(H,3,4);(H2,2,3,4);(H2,1,2,3,4);1-4H. The van der Waals surface area contributed by atoms with Crippen LogP contribution in [0.25, 0.3) is 0 Å². The van der Waals surface area contributed by atoms with Crippen LogP contribution in [0.4, 0.5) is 4.79 Å². The minimum atomic E-state index is -4.67. The van der Waals surface area contributed by atoms with Crippen LogP contribution in [0.3, 0.4) is 0 Å². The summed E-state index contributed by atoms with van der Waals surface area (Å²) < 4.78 is 31.6. The summed E-state index contributed by atoms with van der Waals surface area (Å²) in [4.78, 5) is 77.3. The molecule has 0 bridgehead atoms. The van der Waals surface area contributed by atoms with Crippen LogP contribution in [0.5, 0.6) is 0 Å². The first-order valence-electron chi connectivity index (χ1n) is 6.34. The zero-order valence-electron chi connectivity index (χ0n) is 15.0. The van der Waals surface area contributed by atoms with Crippen molar-refractivity contribution >= 4 is 49.5 Å². The maximum absolute atomic E-state index is 10.3. The van der Waals surface area contributed by atoms with Gasteiger partial charge in [0.1, 0.15) is 0 Å². The molecule has 0 saturated carbocycles. The van der Waals surface area contributed by atoms with Gasteiger partial charge in [-0.3, -0.25) is 23.5 Å². The fourth-order valence-corrected chi connectivity index (χ4v) is 0.714. The van der Waals surface area contributed by atoms with Crippen molar-refractivity contribution < 1.29 is 96.4 Å². The second kappa shape index (κ2) is 17.9. The molecule has 31 heavy (non-hydrogen) atoms. The number of hydrogen-bond acceptors (Lipinski definition) is 12. The van der Waals surface area contributed by atoms with E-state index in [2.05, 4.69) is 0 Å². The second-order valence-electron chi connectivity index (χ2n) is 4.33. The van der Waals surface area contributed by atoms with Gasteiger partial charge in [-0.25, -0.2) is 9.59 Å². The fraction of sp³-hybridized carbons (Fsp3) is 0.444. The van der Waals surface area contributed by atoms with Gasteiger partial charge in [-0.05, 0) is 0 Å². The van der Waals surface area contributed by atoms with Gasteiger partial charge in [-0.1, -0.05) is 0 Å². The van der Waals surface area contributed by atoms with Crippen LogP contribution >= 0.6 is 0 Å². The first-order chi connectivity index (χ1) is 13.2. The van der Waals surface area contributed by atoms with Crippen LogP contribution in [0.15, 0.2) is 0 Å². The van der Waals surface area contributed by atoms with Crippen molar-refractivity contribution in [3.63, 3.8) is 0 Å². The minimum absolute atomic E-state index is 0.833. The monoisotopic (exact) mass is 508 g/mol. The summed E-state index contributed by atoms with van der Waals surface area (Å²) in [5.41, 5.74) is -2.74. The molecule has 0 aliphatic heterocycles. The Kier molecular flexibility index (Phi) is 22.2. The number of carboxylic acids is 4. The lowest BCUT2D eigenvalue weighted by Crippen LogP contribution is -2.42. The number of aliphatic carboxylic acids is 4. The molecule has 0 aromatic heterocycles. The number of carboxylic acid groups (broad SMARTS) is 6. The van der Waals surface area contributed by atoms with Crippen molar-refractivity contribution in [2.75, 3.05) is 0 Å². The van der Waals surface area contributed by atoms with Crippen molar-refractivity contribution in [2.24, 2.45) is 0 Å². The van der Waals surface area contributed by atoms with Gasteiger partial charge >= 0.3 is 43.5 Å². The van der Waals surface area contributed by atoms with Gasteiger partial charge in [-0.2, -0.15) is 8.42 Å². The molecule has 20 nitrogen and oxygen atoms in total. The smallest absolute Gasteiger partial charge is 0.481 e. The van der Waals surface area contributed by atoms with Crippen molar-refractivity contribution in [2.45, 2.75) is 25.4 Å². The molecular formula is C9H20O20SSi. The quantitative estimate of drug-likeness (QED) is 0.123. The van der Waals surface area contributed by atoms with E-state index in [1.165, 1.54) is 0 Å². The molecule has 0 amide bonds. The van der Waals surface area contributed by atoms with E-state index in [-0.39, 0.29) is 0 Å². The van der Waals surface area contributed by atoms with Crippen molar-refractivity contribution in [3.05, 3.63) is 0 Å². The topological polar surface area (TPSA) is 382 Å². The Hall–Kier alpha value is -2.96. The zero-order valence-corrected chi connectivity index (χ0v) is 16.8. The Morgan fingerprint density at radius 2 is 0.871 bits per heavy atom. The average molecular weight is 508 g/mol. The molecule has 0 radical (unpaired) electrons. The maximum atomic E-state index is 10.3. The third-order valence-corrected chi connectivity index (χ3v) is 1.29. The molecule has 0 heterocycles. The van der Waals surface area contributed by atoms with Crippen molar-refractivity contribution in [1.29, 1.82) is 0 Å². The maximum Gasteiger partial charge on any atom is 0.668 e. The van der Waals surface area contributed by atoms with Gasteiger partial charge in [0.05, 0.1) is 12.8 Å². The largest absolute Gasteiger partial charge is 0.668 e. The van der Waals surface area contributed by atoms with Crippen LogP contribution in [-0.2, 0) is 29.6 Å². The summed E-state index contributed by atoms with van der Waals surface area (Å²) in [5.74, 6) is -5.85. The van der Waals surface area contributed by atoms with E-state index in [4.69, 9.17) is 82.0 Å². The van der Waals surface area contributed by atoms with Gasteiger partial charge in [0.25, 0.3) is 5.97 Å². The van der Waals surface area contributed by atoms with Gasteiger partial charge in [0, 0.05) is 6.92 Å². The predicted octanol–water partition coefficient (Wildman–Crippen LogP) is -4.20. The first kappa shape index (κ1) is 38.6. The van der Waals surface area contributed by atoms with Crippen molar-refractivity contribution in [3.8, 4) is 0 Å². The minimum Gasteiger partial charge on any atom is -0.481 e. The Labute approximate surface area is 172 Å². The van der Waals surface area contributed by atoms with E-state index in [9.17, 15) is 14.4 Å². The van der Waals surface area contributed by atoms with Gasteiger partial charge in [0.15, 0.2) is 5.60 Å². The normalized spacial score (nSPS) is 9.94. The highest BCUT2D eigenvalue weighted by Gasteiger charge is 2.40. The van der Waals surface area contributed by atoms with Crippen molar-refractivity contribution in [1.82, 2.24) is 0 Å². The number of aliphatic hydroxyl groups is 1. The molecule has 186 valence electrons. The van der Waals surface area contributed by atoms with E-state index in [1.54, 1.807) is 0 Å². The fourth-order valence-electron chi connectivity index (χ4n) is 0.714. The molecule has 0 unspecified atom stereocenters. The zero-order chi connectivity index (χ0) is 26.8. The van der Waals surface area contributed by atoms with Crippen LogP contribution in [-0.4, -0.2) is 117 Å². The number of hydrogen-bond donors (Lipinski definition) is 13. The number of carbonyl (C=O) groups is 5. The molecule has 0 fully saturated rings. The predicted molar refractivity (Wildman–Crippen MR) is 89.9 cm³/mol. The third kappa shape index (κ3) is 99.7. The summed E-state index contributed by atoms with van der Waals surface area (Å²) in [5, 5.41) is 55.2. The molecule has 0 rings (SSSR count). The molecule has 0 atom stereocenters. The van der Waals surface area contributed by atoms with Gasteiger partial charge < -0.3 is 54.9 Å². The Morgan fingerprint density at radius 1 is 0.742 bits per heavy atom. The summed E-state index contributed by atoms with van der Waals surface area (Å²) in [6.45, 7) is 1.08.